The summed E-state index contributed by atoms with van der Waals surface area (Å²) in [4.78, 5) is 0. The third-order valence-corrected chi connectivity index (χ3v) is 4.58. The van der Waals surface area contributed by atoms with E-state index in [1.807, 2.05) is 0 Å². The minimum absolute atomic E-state index is 1.09. The summed E-state index contributed by atoms with van der Waals surface area (Å²) in [5, 5.41) is 0. The minimum atomic E-state index is 1.09. The molecule has 0 radical (unpaired) electrons. The van der Waals surface area contributed by atoms with E-state index in [0.29, 0.717) is 0 Å². The number of hydrogen-bond acceptors (Lipinski definition) is 0. The largest absolute Gasteiger partial charge is 0.0622 e. The molecule has 0 aliphatic heterocycles. The Morgan fingerprint density at radius 3 is 2.00 bits per heavy atom. The molecule has 6 atom stereocenters. The lowest BCUT2D eigenvalue weighted by molar-refractivity contribution is 0.529. The predicted octanol–water partition coefficient (Wildman–Crippen LogP) is 3.32. The van der Waals surface area contributed by atoms with Crippen molar-refractivity contribution in [1.82, 2.24) is 0 Å². The van der Waals surface area contributed by atoms with Gasteiger partial charge in [0.15, 0.2) is 0 Å². The van der Waals surface area contributed by atoms with Gasteiger partial charge in [0.05, 0.1) is 0 Å². The van der Waals surface area contributed by atoms with E-state index in [-0.39, 0.29) is 0 Å². The van der Waals surface area contributed by atoms with Gasteiger partial charge in [0.25, 0.3) is 0 Å². The number of rotatable bonds is 3. The van der Waals surface area contributed by atoms with Crippen molar-refractivity contribution in [3.8, 4) is 0 Å². The van der Waals surface area contributed by atoms with Crippen molar-refractivity contribution >= 4 is 0 Å². The zero-order valence-corrected chi connectivity index (χ0v) is 8.29. The summed E-state index contributed by atoms with van der Waals surface area (Å²) in [5.74, 6) is 6.86. The number of hydrogen-bond donors (Lipinski definition) is 0. The van der Waals surface area contributed by atoms with Gasteiger partial charge < -0.3 is 0 Å². The molecule has 0 bridgehead atoms. The Kier molecular flexibility index (Phi) is 1.40. The van der Waals surface area contributed by atoms with Gasteiger partial charge in [-0.05, 0) is 61.2 Å². The second kappa shape index (κ2) is 2.27. The maximum Gasteiger partial charge on any atom is -0.0352 e. The van der Waals surface area contributed by atoms with Gasteiger partial charge in [-0.1, -0.05) is 13.8 Å². The summed E-state index contributed by atoms with van der Waals surface area (Å²) in [6.07, 6.45) is 6.29. The lowest BCUT2D eigenvalue weighted by Crippen LogP contribution is -1.89. The highest BCUT2D eigenvalue weighted by Gasteiger charge is 2.53. The van der Waals surface area contributed by atoms with Crippen LogP contribution in [-0.4, -0.2) is 0 Å². The summed E-state index contributed by atoms with van der Waals surface area (Å²) in [5.41, 5.74) is 0. The fourth-order valence-electron chi connectivity index (χ4n) is 3.13. The Balaban J connectivity index is 1.44. The first-order valence-electron chi connectivity index (χ1n) is 5.75. The van der Waals surface area contributed by atoms with Crippen LogP contribution in [0.3, 0.4) is 0 Å². The van der Waals surface area contributed by atoms with Gasteiger partial charge in [-0.25, -0.2) is 0 Å². The molecule has 0 heterocycles. The van der Waals surface area contributed by atoms with Gasteiger partial charge in [0.1, 0.15) is 0 Å². The molecule has 0 saturated heterocycles. The van der Waals surface area contributed by atoms with Gasteiger partial charge >= 0.3 is 0 Å². The molecule has 6 unspecified atom stereocenters. The smallest absolute Gasteiger partial charge is 0.0352 e. The highest BCUT2D eigenvalue weighted by atomic mass is 14.6. The molecule has 0 N–H and O–H groups in total. The standard InChI is InChI=1S/C12H20/c1-7-3-9(7)5-10-6-12(10)11-4-8(11)2/h7-12H,3-6H2,1-2H3. The minimum Gasteiger partial charge on any atom is -0.0622 e. The molecular weight excluding hydrogens is 144 g/mol. The maximum absolute atomic E-state index is 2.43. The van der Waals surface area contributed by atoms with E-state index in [4.69, 9.17) is 0 Å². The predicted molar refractivity (Wildman–Crippen MR) is 50.8 cm³/mol. The van der Waals surface area contributed by atoms with Crippen LogP contribution >= 0.6 is 0 Å². The summed E-state index contributed by atoms with van der Waals surface area (Å²) in [6, 6.07) is 0. The van der Waals surface area contributed by atoms with Gasteiger partial charge in [0.2, 0.25) is 0 Å². The van der Waals surface area contributed by atoms with Crippen molar-refractivity contribution in [2.24, 2.45) is 35.5 Å². The summed E-state index contributed by atoms with van der Waals surface area (Å²) in [7, 11) is 0. The second-order valence-electron chi connectivity index (χ2n) is 5.75. The molecule has 3 aliphatic carbocycles. The second-order valence-corrected chi connectivity index (χ2v) is 5.75. The molecule has 68 valence electrons. The third-order valence-electron chi connectivity index (χ3n) is 4.58. The van der Waals surface area contributed by atoms with E-state index in [2.05, 4.69) is 13.8 Å². The summed E-state index contributed by atoms with van der Waals surface area (Å²) >= 11 is 0. The fraction of sp³-hybridized carbons (Fsp3) is 1.00. The Hall–Kier alpha value is 0. The molecule has 12 heavy (non-hydrogen) atoms. The highest BCUT2D eigenvalue weighted by Crippen LogP contribution is 2.61. The average molecular weight is 164 g/mol. The lowest BCUT2D eigenvalue weighted by Gasteiger charge is -1.96. The van der Waals surface area contributed by atoms with E-state index in [1.54, 1.807) is 25.7 Å². The zero-order valence-electron chi connectivity index (χ0n) is 8.29. The Morgan fingerprint density at radius 1 is 0.833 bits per heavy atom. The van der Waals surface area contributed by atoms with Crippen LogP contribution in [0.4, 0.5) is 0 Å². The topological polar surface area (TPSA) is 0 Å². The zero-order chi connectivity index (χ0) is 8.29. The molecule has 0 heteroatoms. The molecule has 0 nitrogen and oxygen atoms in total. The van der Waals surface area contributed by atoms with Gasteiger partial charge in [0, 0.05) is 0 Å². The molecular formula is C12H20. The molecule has 3 rings (SSSR count). The van der Waals surface area contributed by atoms with Crippen molar-refractivity contribution in [1.29, 1.82) is 0 Å². The molecule has 0 spiro atoms. The quantitative estimate of drug-likeness (QED) is 0.600. The summed E-state index contributed by atoms with van der Waals surface area (Å²) in [6.45, 7) is 4.85. The van der Waals surface area contributed by atoms with Crippen LogP contribution in [-0.2, 0) is 0 Å². The maximum atomic E-state index is 2.43. The SMILES string of the molecule is CC1CC1CC1CC1C1CC1C. The first kappa shape index (κ1) is 7.41. The Bertz CT molecular complexity index is 196. The van der Waals surface area contributed by atoms with Crippen LogP contribution < -0.4 is 0 Å². The van der Waals surface area contributed by atoms with Crippen molar-refractivity contribution in [2.75, 3.05) is 0 Å². The van der Waals surface area contributed by atoms with Gasteiger partial charge in [-0.2, -0.15) is 0 Å². The van der Waals surface area contributed by atoms with E-state index >= 15 is 0 Å². The molecule has 0 amide bonds. The van der Waals surface area contributed by atoms with Crippen molar-refractivity contribution < 1.29 is 0 Å². The van der Waals surface area contributed by atoms with Crippen LogP contribution in [0.1, 0.15) is 39.5 Å². The Labute approximate surface area is 75.7 Å². The van der Waals surface area contributed by atoms with Crippen molar-refractivity contribution in [2.45, 2.75) is 39.5 Å². The van der Waals surface area contributed by atoms with E-state index < -0.39 is 0 Å². The van der Waals surface area contributed by atoms with E-state index in [0.717, 1.165) is 17.8 Å². The molecule has 0 aromatic carbocycles. The molecule has 3 saturated carbocycles. The third kappa shape index (κ3) is 1.20. The highest BCUT2D eigenvalue weighted by molar-refractivity contribution is 5.02. The monoisotopic (exact) mass is 164 g/mol. The normalized spacial score (nSPS) is 61.5. The molecule has 3 aliphatic rings. The molecule has 3 fully saturated rings. The van der Waals surface area contributed by atoms with Crippen LogP contribution in [0, 0.1) is 35.5 Å². The van der Waals surface area contributed by atoms with Crippen molar-refractivity contribution in [3.05, 3.63) is 0 Å². The fourth-order valence-corrected chi connectivity index (χ4v) is 3.13. The van der Waals surface area contributed by atoms with Crippen LogP contribution in [0.2, 0.25) is 0 Å². The van der Waals surface area contributed by atoms with Gasteiger partial charge in [-0.15, -0.1) is 0 Å². The van der Waals surface area contributed by atoms with E-state index in [9.17, 15) is 0 Å². The van der Waals surface area contributed by atoms with Crippen molar-refractivity contribution in [3.63, 3.8) is 0 Å². The average Bonchev–Trinajstić information content (AvgIpc) is 2.82. The van der Waals surface area contributed by atoms with Crippen LogP contribution in [0.25, 0.3) is 0 Å². The Morgan fingerprint density at radius 2 is 1.50 bits per heavy atom. The molecule has 0 aromatic heterocycles. The first-order chi connectivity index (χ1) is 5.75. The molecule has 0 aromatic rings. The lowest BCUT2D eigenvalue weighted by atomic mass is 10.1. The van der Waals surface area contributed by atoms with Gasteiger partial charge in [-0.3, -0.25) is 0 Å². The van der Waals surface area contributed by atoms with Crippen LogP contribution in [0.15, 0.2) is 0 Å². The summed E-state index contributed by atoms with van der Waals surface area (Å²) < 4.78 is 0. The van der Waals surface area contributed by atoms with E-state index in [1.165, 1.54) is 17.8 Å². The van der Waals surface area contributed by atoms with Crippen LogP contribution in [0.5, 0.6) is 0 Å². The first-order valence-corrected chi connectivity index (χ1v) is 5.75.